The largest absolute Gasteiger partial charge is 0.432 e. The van der Waals surface area contributed by atoms with Gasteiger partial charge in [0.2, 0.25) is 5.78 Å². The molecule has 1 N–H and O–H groups in total. The van der Waals surface area contributed by atoms with Gasteiger partial charge in [-0.25, -0.2) is 9.97 Å². The minimum atomic E-state index is -0.0905. The molecule has 2 aromatic carbocycles. The molecular weight excluding hydrogens is 486 g/mol. The minimum absolute atomic E-state index is 0.0905. The highest BCUT2D eigenvalue weighted by Gasteiger charge is 2.15. The standard InChI is InChI=1S/C25H24ClN3O.C4H6N2O/c1-3-5-6-15-28-23(20-9-7-18(4-2)8-10-20)16-24(30)29-17-22(27-25(28)29)19-11-13-21(26)14-12-19;1-5-4-6-2-3-7-4/h4,7-14,16-17H,2-3,5-6,15H2,1H3;2-3H,1H3,(H,5,6). The van der Waals surface area contributed by atoms with Gasteiger partial charge in [-0.1, -0.05) is 80.4 Å². The molecule has 0 spiro atoms. The molecule has 7 nitrogen and oxygen atoms in total. The summed E-state index contributed by atoms with van der Waals surface area (Å²) in [4.78, 5) is 21.5. The molecule has 0 saturated heterocycles. The molecular formula is C29H30ClN5O2. The highest BCUT2D eigenvalue weighted by molar-refractivity contribution is 6.30. The molecule has 0 aliphatic rings. The van der Waals surface area contributed by atoms with Crippen LogP contribution < -0.4 is 10.9 Å². The van der Waals surface area contributed by atoms with E-state index < -0.39 is 0 Å². The summed E-state index contributed by atoms with van der Waals surface area (Å²) in [5.41, 5.74) is 4.52. The molecule has 0 fully saturated rings. The first-order valence-electron chi connectivity index (χ1n) is 12.2. The van der Waals surface area contributed by atoms with Crippen LogP contribution in [0.4, 0.5) is 6.01 Å². The normalized spacial score (nSPS) is 10.7. The van der Waals surface area contributed by atoms with Crippen molar-refractivity contribution in [3.63, 3.8) is 0 Å². The quantitative estimate of drug-likeness (QED) is 0.224. The second-order valence-electron chi connectivity index (χ2n) is 8.44. The Bertz CT molecular complexity index is 1500. The van der Waals surface area contributed by atoms with E-state index in [0.29, 0.717) is 16.8 Å². The molecule has 190 valence electrons. The molecule has 0 aliphatic heterocycles. The predicted molar refractivity (Wildman–Crippen MR) is 151 cm³/mol. The van der Waals surface area contributed by atoms with Crippen LogP contribution in [0.25, 0.3) is 34.4 Å². The zero-order valence-electron chi connectivity index (χ0n) is 21.0. The van der Waals surface area contributed by atoms with Crippen LogP contribution in [-0.4, -0.2) is 26.0 Å². The molecule has 0 bridgehead atoms. The number of oxazole rings is 1. The average molecular weight is 516 g/mol. The van der Waals surface area contributed by atoms with Gasteiger partial charge >= 0.3 is 0 Å². The highest BCUT2D eigenvalue weighted by Crippen LogP contribution is 2.25. The highest BCUT2D eigenvalue weighted by atomic mass is 35.5. The van der Waals surface area contributed by atoms with E-state index in [1.807, 2.05) is 60.8 Å². The minimum Gasteiger partial charge on any atom is -0.432 e. The first-order chi connectivity index (χ1) is 18.0. The number of anilines is 1. The van der Waals surface area contributed by atoms with Crippen LogP contribution in [0.1, 0.15) is 31.7 Å². The molecule has 3 heterocycles. The van der Waals surface area contributed by atoms with Crippen LogP contribution in [-0.2, 0) is 6.54 Å². The lowest BCUT2D eigenvalue weighted by molar-refractivity contribution is 0.575. The maximum absolute atomic E-state index is 12.9. The van der Waals surface area contributed by atoms with Crippen molar-refractivity contribution in [3.8, 4) is 22.5 Å². The summed E-state index contributed by atoms with van der Waals surface area (Å²) in [6, 6.07) is 17.9. The fraction of sp³-hybridized carbons (Fsp3) is 0.207. The van der Waals surface area contributed by atoms with Crippen molar-refractivity contribution in [2.45, 2.75) is 32.7 Å². The summed E-state index contributed by atoms with van der Waals surface area (Å²) in [7, 11) is 1.76. The second-order valence-corrected chi connectivity index (χ2v) is 8.88. The number of rotatable bonds is 8. The van der Waals surface area contributed by atoms with E-state index in [4.69, 9.17) is 21.0 Å². The number of nitrogens with zero attached hydrogens (tertiary/aromatic N) is 4. The zero-order chi connectivity index (χ0) is 26.2. The van der Waals surface area contributed by atoms with Crippen LogP contribution in [0.2, 0.25) is 5.02 Å². The Labute approximate surface area is 221 Å². The molecule has 5 aromatic rings. The van der Waals surface area contributed by atoms with Crippen molar-refractivity contribution in [3.05, 3.63) is 101 Å². The maximum atomic E-state index is 12.9. The van der Waals surface area contributed by atoms with Gasteiger partial charge in [-0.15, -0.1) is 0 Å². The van der Waals surface area contributed by atoms with E-state index in [1.54, 1.807) is 23.7 Å². The number of hydrogen-bond acceptors (Lipinski definition) is 5. The molecule has 5 rings (SSSR count). The fourth-order valence-electron chi connectivity index (χ4n) is 3.97. The van der Waals surface area contributed by atoms with Gasteiger partial charge in [0.25, 0.3) is 11.6 Å². The van der Waals surface area contributed by atoms with E-state index in [2.05, 4.69) is 28.4 Å². The number of halogens is 1. The third-order valence-electron chi connectivity index (χ3n) is 5.93. The van der Waals surface area contributed by atoms with Gasteiger partial charge in [-0.2, -0.15) is 0 Å². The second kappa shape index (κ2) is 12.2. The van der Waals surface area contributed by atoms with Gasteiger partial charge in [-0.3, -0.25) is 9.20 Å². The van der Waals surface area contributed by atoms with Crippen LogP contribution >= 0.6 is 11.6 Å². The summed E-state index contributed by atoms with van der Waals surface area (Å²) >= 11 is 6.02. The monoisotopic (exact) mass is 515 g/mol. The van der Waals surface area contributed by atoms with Crippen LogP contribution in [0, 0.1) is 0 Å². The van der Waals surface area contributed by atoms with E-state index >= 15 is 0 Å². The third kappa shape index (κ3) is 6.19. The Hall–Kier alpha value is -4.10. The van der Waals surface area contributed by atoms with Crippen molar-refractivity contribution in [2.75, 3.05) is 12.4 Å². The number of hydrogen-bond donors (Lipinski definition) is 1. The summed E-state index contributed by atoms with van der Waals surface area (Å²) in [5, 5.41) is 3.40. The Morgan fingerprint density at radius 3 is 2.41 bits per heavy atom. The first kappa shape index (κ1) is 26.0. The van der Waals surface area contributed by atoms with Crippen molar-refractivity contribution in [2.24, 2.45) is 0 Å². The van der Waals surface area contributed by atoms with Crippen LogP contribution in [0.3, 0.4) is 0 Å². The lowest BCUT2D eigenvalue weighted by Gasteiger charge is -2.15. The molecule has 3 aromatic heterocycles. The number of imidazole rings is 1. The van der Waals surface area contributed by atoms with Gasteiger partial charge in [0, 0.05) is 36.4 Å². The van der Waals surface area contributed by atoms with Gasteiger partial charge in [-0.05, 0) is 29.7 Å². The molecule has 37 heavy (non-hydrogen) atoms. The number of aromatic nitrogens is 4. The summed E-state index contributed by atoms with van der Waals surface area (Å²) in [6.07, 6.45) is 10.0. The van der Waals surface area contributed by atoms with E-state index in [-0.39, 0.29) is 5.56 Å². The third-order valence-corrected chi connectivity index (χ3v) is 6.18. The zero-order valence-corrected chi connectivity index (χ0v) is 21.8. The first-order valence-corrected chi connectivity index (χ1v) is 12.6. The lowest BCUT2D eigenvalue weighted by Crippen LogP contribution is -2.18. The van der Waals surface area contributed by atoms with E-state index in [9.17, 15) is 4.79 Å². The number of fused-ring (bicyclic) bond motifs is 1. The van der Waals surface area contributed by atoms with Gasteiger partial charge in [0.05, 0.1) is 17.6 Å². The van der Waals surface area contributed by atoms with E-state index in [0.717, 1.165) is 53.9 Å². The fourth-order valence-corrected chi connectivity index (χ4v) is 4.10. The SMILES string of the molecule is C=Cc1ccc(-c2cc(=O)n3cc(-c4ccc(Cl)cc4)nc3n2CCCCC)cc1.CNc1ncco1. The van der Waals surface area contributed by atoms with Crippen LogP contribution in [0.5, 0.6) is 0 Å². The van der Waals surface area contributed by atoms with Crippen molar-refractivity contribution in [1.82, 2.24) is 18.9 Å². The topological polar surface area (TPSA) is 77.4 Å². The maximum Gasteiger partial charge on any atom is 0.294 e. The van der Waals surface area contributed by atoms with Crippen molar-refractivity contribution in [1.29, 1.82) is 0 Å². The molecule has 8 heteroatoms. The van der Waals surface area contributed by atoms with Gasteiger partial charge in [0.15, 0.2) is 0 Å². The summed E-state index contributed by atoms with van der Waals surface area (Å²) in [5.74, 6) is 0.659. The average Bonchev–Trinajstić information content (AvgIpc) is 3.62. The van der Waals surface area contributed by atoms with Crippen molar-refractivity contribution < 1.29 is 4.42 Å². The molecule has 0 amide bonds. The molecule has 0 atom stereocenters. The Kier molecular flexibility index (Phi) is 8.59. The van der Waals surface area contributed by atoms with Crippen molar-refractivity contribution >= 4 is 29.5 Å². The summed E-state index contributed by atoms with van der Waals surface area (Å²) < 4.78 is 8.55. The predicted octanol–water partition coefficient (Wildman–Crippen LogP) is 7.03. The summed E-state index contributed by atoms with van der Waals surface area (Å²) in [6.45, 7) is 6.80. The smallest absolute Gasteiger partial charge is 0.294 e. The number of benzene rings is 2. The molecule has 0 radical (unpaired) electrons. The number of nitrogens with one attached hydrogen (secondary N) is 1. The molecule has 0 aliphatic carbocycles. The Morgan fingerprint density at radius 1 is 1.08 bits per heavy atom. The lowest BCUT2D eigenvalue weighted by atomic mass is 10.1. The van der Waals surface area contributed by atoms with Crippen LogP contribution in [0.15, 0.2) is 89.0 Å². The Morgan fingerprint density at radius 2 is 1.81 bits per heavy atom. The van der Waals surface area contributed by atoms with E-state index in [1.165, 1.54) is 6.26 Å². The molecule has 0 saturated carbocycles. The molecule has 0 unspecified atom stereocenters. The van der Waals surface area contributed by atoms with Gasteiger partial charge in [0.1, 0.15) is 6.26 Å². The number of aryl methyl sites for hydroxylation is 1. The Balaban J connectivity index is 0.000000396. The number of unbranched alkanes of at least 4 members (excludes halogenated alkanes) is 2. The van der Waals surface area contributed by atoms with Gasteiger partial charge < -0.3 is 14.3 Å².